The molecule has 0 radical (unpaired) electrons. The molecule has 2 heterocycles. The normalized spacial score (nSPS) is 37.1. The lowest BCUT2D eigenvalue weighted by Crippen LogP contribution is -2.43. The van der Waals surface area contributed by atoms with E-state index in [-0.39, 0.29) is 17.9 Å². The number of hydrogen-bond acceptors (Lipinski definition) is 4. The average molecular weight is 213 g/mol. The molecule has 0 bridgehead atoms. The monoisotopic (exact) mass is 213 g/mol. The number of carbonyl (C=O) groups is 1. The fourth-order valence-electron chi connectivity index (χ4n) is 2.93. The van der Waals surface area contributed by atoms with Crippen LogP contribution in [0.1, 0.15) is 25.7 Å². The third kappa shape index (κ3) is 2.01. The Labute approximate surface area is 90.2 Å². The second-order valence-corrected chi connectivity index (χ2v) is 4.50. The molecule has 0 amide bonds. The zero-order valence-electron chi connectivity index (χ0n) is 9.19. The van der Waals surface area contributed by atoms with Crippen molar-refractivity contribution in [2.45, 2.75) is 37.8 Å². The van der Waals surface area contributed by atoms with Gasteiger partial charge in [-0.05, 0) is 38.8 Å². The molecule has 4 nitrogen and oxygen atoms in total. The zero-order valence-corrected chi connectivity index (χ0v) is 9.19. The molecule has 0 aromatic carbocycles. The van der Waals surface area contributed by atoms with Gasteiger partial charge in [-0.25, -0.2) is 0 Å². The number of ether oxygens (including phenoxy) is 1. The second-order valence-electron chi connectivity index (χ2n) is 4.50. The predicted octanol–water partition coefficient (Wildman–Crippen LogP) is 0.395. The molecule has 86 valence electrons. The van der Waals surface area contributed by atoms with Crippen LogP contribution in [0.15, 0.2) is 0 Å². The topological polar surface area (TPSA) is 49.8 Å². The lowest BCUT2D eigenvalue weighted by Gasteiger charge is -2.28. The highest BCUT2D eigenvalue weighted by Gasteiger charge is 2.42. The molecule has 2 rings (SSSR count). The first kappa shape index (κ1) is 10.9. The Balaban J connectivity index is 2.17. The average Bonchev–Trinajstić information content (AvgIpc) is 2.61. The Morgan fingerprint density at radius 2 is 2.00 bits per heavy atom. The maximum atomic E-state index is 11.7. The minimum Gasteiger partial charge on any atom is -0.469 e. The highest BCUT2D eigenvalue weighted by Crippen LogP contribution is 2.31. The Morgan fingerprint density at radius 3 is 2.67 bits per heavy atom. The number of carbonyl (C=O) groups excluding carboxylic acids is 1. The Kier molecular flexibility index (Phi) is 3.26. The van der Waals surface area contributed by atoms with E-state index in [1.807, 2.05) is 0 Å². The van der Waals surface area contributed by atoms with Crippen LogP contribution in [0.2, 0.25) is 0 Å². The van der Waals surface area contributed by atoms with Crippen LogP contribution in [0.25, 0.3) is 0 Å². The van der Waals surface area contributed by atoms with Gasteiger partial charge in [-0.15, -0.1) is 0 Å². The minimum atomic E-state index is -0.523. The molecule has 0 saturated carbocycles. The first-order valence-electron chi connectivity index (χ1n) is 5.74. The Hall–Kier alpha value is -0.610. The van der Waals surface area contributed by atoms with Crippen molar-refractivity contribution >= 4 is 5.97 Å². The van der Waals surface area contributed by atoms with E-state index in [1.54, 1.807) is 0 Å². The standard InChI is InChI=1S/C11H19NO3/c1-15-11(14)10-8-4-2-6-12(8)7-3-5-9(10)13/h8-10,13H,2-7H2,1H3/t8-,9-,10+/m0/s1. The van der Waals surface area contributed by atoms with Gasteiger partial charge in [0.15, 0.2) is 0 Å². The Morgan fingerprint density at radius 1 is 1.33 bits per heavy atom. The summed E-state index contributed by atoms with van der Waals surface area (Å²) in [6.45, 7) is 2.07. The highest BCUT2D eigenvalue weighted by molar-refractivity contribution is 5.74. The third-order valence-corrected chi connectivity index (χ3v) is 3.66. The first-order valence-corrected chi connectivity index (χ1v) is 5.74. The van der Waals surface area contributed by atoms with Crippen molar-refractivity contribution in [2.75, 3.05) is 20.2 Å². The van der Waals surface area contributed by atoms with E-state index >= 15 is 0 Å². The number of fused-ring (bicyclic) bond motifs is 1. The maximum absolute atomic E-state index is 11.7. The molecule has 15 heavy (non-hydrogen) atoms. The van der Waals surface area contributed by atoms with Crippen molar-refractivity contribution in [3.63, 3.8) is 0 Å². The molecule has 0 spiro atoms. The van der Waals surface area contributed by atoms with Crippen molar-refractivity contribution in [1.82, 2.24) is 4.90 Å². The molecule has 2 saturated heterocycles. The van der Waals surface area contributed by atoms with Crippen molar-refractivity contribution in [2.24, 2.45) is 5.92 Å². The van der Waals surface area contributed by atoms with Crippen LogP contribution in [0.4, 0.5) is 0 Å². The van der Waals surface area contributed by atoms with Crippen LogP contribution in [0, 0.1) is 5.92 Å². The quantitative estimate of drug-likeness (QED) is 0.640. The van der Waals surface area contributed by atoms with Crippen molar-refractivity contribution in [3.05, 3.63) is 0 Å². The smallest absolute Gasteiger partial charge is 0.312 e. The lowest BCUT2D eigenvalue weighted by molar-refractivity contribution is -0.151. The van der Waals surface area contributed by atoms with Gasteiger partial charge in [0.25, 0.3) is 0 Å². The summed E-state index contributed by atoms with van der Waals surface area (Å²) in [6.07, 6.45) is 3.31. The zero-order chi connectivity index (χ0) is 10.8. The van der Waals surface area contributed by atoms with Gasteiger partial charge in [0.2, 0.25) is 0 Å². The first-order chi connectivity index (χ1) is 7.24. The summed E-state index contributed by atoms with van der Waals surface area (Å²) in [5.41, 5.74) is 0. The maximum Gasteiger partial charge on any atom is 0.312 e. The molecule has 2 aliphatic rings. The van der Waals surface area contributed by atoms with E-state index in [0.717, 1.165) is 32.4 Å². The Bertz CT molecular complexity index is 244. The number of aliphatic hydroxyl groups is 1. The number of esters is 1. The van der Waals surface area contributed by atoms with E-state index < -0.39 is 6.10 Å². The van der Waals surface area contributed by atoms with Crippen molar-refractivity contribution in [1.29, 1.82) is 0 Å². The van der Waals surface area contributed by atoms with Gasteiger partial charge in [0.1, 0.15) is 0 Å². The molecule has 2 fully saturated rings. The van der Waals surface area contributed by atoms with Crippen LogP contribution in [-0.4, -0.2) is 48.3 Å². The fourth-order valence-corrected chi connectivity index (χ4v) is 2.93. The molecule has 3 atom stereocenters. The molecular formula is C11H19NO3. The lowest BCUT2D eigenvalue weighted by atomic mass is 9.91. The number of rotatable bonds is 1. The van der Waals surface area contributed by atoms with Gasteiger partial charge >= 0.3 is 5.97 Å². The summed E-state index contributed by atoms with van der Waals surface area (Å²) in [5, 5.41) is 9.97. The second kappa shape index (κ2) is 4.49. The van der Waals surface area contributed by atoms with Crippen molar-refractivity contribution in [3.8, 4) is 0 Å². The summed E-state index contributed by atoms with van der Waals surface area (Å²) in [4.78, 5) is 14.0. The number of methoxy groups -OCH3 is 1. The van der Waals surface area contributed by atoms with Crippen LogP contribution >= 0.6 is 0 Å². The molecule has 1 N–H and O–H groups in total. The molecule has 2 aliphatic heterocycles. The molecule has 0 unspecified atom stereocenters. The van der Waals surface area contributed by atoms with Gasteiger partial charge in [0.05, 0.1) is 19.1 Å². The van der Waals surface area contributed by atoms with E-state index in [4.69, 9.17) is 4.74 Å². The summed E-state index contributed by atoms with van der Waals surface area (Å²) in [6, 6.07) is 0.204. The van der Waals surface area contributed by atoms with E-state index in [2.05, 4.69) is 4.90 Å². The van der Waals surface area contributed by atoms with E-state index in [1.165, 1.54) is 7.11 Å². The predicted molar refractivity (Wildman–Crippen MR) is 55.3 cm³/mol. The largest absolute Gasteiger partial charge is 0.469 e. The fraction of sp³-hybridized carbons (Fsp3) is 0.909. The summed E-state index contributed by atoms with van der Waals surface area (Å²) < 4.78 is 4.80. The minimum absolute atomic E-state index is 0.204. The van der Waals surface area contributed by atoms with E-state index in [9.17, 15) is 9.90 Å². The summed E-state index contributed by atoms with van der Waals surface area (Å²) in [5.74, 6) is -0.582. The highest BCUT2D eigenvalue weighted by atomic mass is 16.5. The third-order valence-electron chi connectivity index (χ3n) is 3.66. The van der Waals surface area contributed by atoms with E-state index in [0.29, 0.717) is 6.42 Å². The van der Waals surface area contributed by atoms with Crippen LogP contribution in [0.3, 0.4) is 0 Å². The molecule has 0 aromatic heterocycles. The van der Waals surface area contributed by atoms with Gasteiger partial charge in [-0.3, -0.25) is 9.69 Å². The van der Waals surface area contributed by atoms with Crippen LogP contribution in [0.5, 0.6) is 0 Å². The summed E-state index contributed by atoms with van der Waals surface area (Å²) in [7, 11) is 1.40. The molecule has 0 aliphatic carbocycles. The molecule has 0 aromatic rings. The SMILES string of the molecule is COC(=O)[C@H]1[C@@H](O)CCCN2CCC[C@@H]12. The van der Waals surface area contributed by atoms with Gasteiger partial charge in [-0.1, -0.05) is 0 Å². The van der Waals surface area contributed by atoms with Crippen LogP contribution in [-0.2, 0) is 9.53 Å². The van der Waals surface area contributed by atoms with Crippen molar-refractivity contribution < 1.29 is 14.6 Å². The number of nitrogens with zero attached hydrogens (tertiary/aromatic N) is 1. The number of aliphatic hydroxyl groups excluding tert-OH is 1. The number of hydrogen-bond donors (Lipinski definition) is 1. The molecular weight excluding hydrogens is 194 g/mol. The van der Waals surface area contributed by atoms with Gasteiger partial charge in [-0.2, -0.15) is 0 Å². The van der Waals surface area contributed by atoms with Gasteiger partial charge < -0.3 is 9.84 Å². The summed E-state index contributed by atoms with van der Waals surface area (Å²) >= 11 is 0. The van der Waals surface area contributed by atoms with Gasteiger partial charge in [0, 0.05) is 6.04 Å². The van der Waals surface area contributed by atoms with Crippen LogP contribution < -0.4 is 0 Å². The molecule has 4 heteroatoms.